The standard InChI is InChI=1S/C15H20O4/c1-8-9(2)13-11(10(3)12(8)16)6-7-15(4,19-13)14(17)18-5/h16H,6-7H2,1-5H3. The Balaban J connectivity index is 2.55. The van der Waals surface area contributed by atoms with E-state index in [-0.39, 0.29) is 5.97 Å². The molecule has 4 heteroatoms. The van der Waals surface area contributed by atoms with Crippen molar-refractivity contribution in [2.45, 2.75) is 46.1 Å². The molecule has 1 atom stereocenters. The van der Waals surface area contributed by atoms with Crippen molar-refractivity contribution in [3.05, 3.63) is 22.3 Å². The molecule has 1 aromatic carbocycles. The number of ether oxygens (including phenoxy) is 2. The lowest BCUT2D eigenvalue weighted by Crippen LogP contribution is -2.45. The Morgan fingerprint density at radius 2 is 1.89 bits per heavy atom. The topological polar surface area (TPSA) is 55.8 Å². The van der Waals surface area contributed by atoms with Crippen molar-refractivity contribution >= 4 is 5.97 Å². The highest BCUT2D eigenvalue weighted by molar-refractivity contribution is 5.80. The molecule has 0 radical (unpaired) electrons. The molecule has 4 nitrogen and oxygen atoms in total. The van der Waals surface area contributed by atoms with Crippen LogP contribution in [-0.2, 0) is 16.0 Å². The minimum Gasteiger partial charge on any atom is -0.507 e. The lowest BCUT2D eigenvalue weighted by atomic mass is 9.87. The van der Waals surface area contributed by atoms with E-state index in [4.69, 9.17) is 9.47 Å². The molecule has 0 aliphatic carbocycles. The number of hydrogen-bond acceptors (Lipinski definition) is 4. The molecule has 0 bridgehead atoms. The maximum atomic E-state index is 11.8. The first-order valence-electron chi connectivity index (χ1n) is 6.41. The molecular weight excluding hydrogens is 244 g/mol. The molecule has 1 aliphatic heterocycles. The van der Waals surface area contributed by atoms with E-state index in [1.807, 2.05) is 20.8 Å². The van der Waals surface area contributed by atoms with Gasteiger partial charge in [0.2, 0.25) is 5.60 Å². The molecule has 0 fully saturated rings. The van der Waals surface area contributed by atoms with Crippen LogP contribution in [0, 0.1) is 20.8 Å². The fraction of sp³-hybridized carbons (Fsp3) is 0.533. The predicted octanol–water partition coefficient (Wildman–Crippen LogP) is 2.57. The molecule has 2 rings (SSSR count). The summed E-state index contributed by atoms with van der Waals surface area (Å²) in [5, 5.41) is 10.1. The average molecular weight is 264 g/mol. The number of carbonyl (C=O) groups is 1. The third-order valence-corrected chi connectivity index (χ3v) is 4.14. The van der Waals surface area contributed by atoms with Crippen LogP contribution in [0.15, 0.2) is 0 Å². The molecule has 1 heterocycles. The average Bonchev–Trinajstić information content (AvgIpc) is 2.41. The number of benzene rings is 1. The van der Waals surface area contributed by atoms with E-state index in [1.165, 1.54) is 7.11 Å². The number of aromatic hydroxyl groups is 1. The zero-order valence-electron chi connectivity index (χ0n) is 12.1. The summed E-state index contributed by atoms with van der Waals surface area (Å²) in [7, 11) is 1.37. The molecular formula is C15H20O4. The lowest BCUT2D eigenvalue weighted by Gasteiger charge is -2.35. The number of carbonyl (C=O) groups excluding carboxylic acids is 1. The Labute approximate surface area is 113 Å². The summed E-state index contributed by atoms with van der Waals surface area (Å²) in [6, 6.07) is 0. The molecule has 0 saturated carbocycles. The Morgan fingerprint density at radius 3 is 2.47 bits per heavy atom. The van der Waals surface area contributed by atoms with Gasteiger partial charge in [-0.15, -0.1) is 0 Å². The summed E-state index contributed by atoms with van der Waals surface area (Å²) in [4.78, 5) is 11.8. The third-order valence-electron chi connectivity index (χ3n) is 4.14. The maximum absolute atomic E-state index is 11.8. The van der Waals surface area contributed by atoms with Gasteiger partial charge in [0.1, 0.15) is 11.5 Å². The van der Waals surface area contributed by atoms with Gasteiger partial charge >= 0.3 is 5.97 Å². The molecule has 0 saturated heterocycles. The lowest BCUT2D eigenvalue weighted by molar-refractivity contribution is -0.159. The van der Waals surface area contributed by atoms with Gasteiger partial charge in [0, 0.05) is 12.0 Å². The van der Waals surface area contributed by atoms with Crippen LogP contribution in [0.1, 0.15) is 35.6 Å². The highest BCUT2D eigenvalue weighted by atomic mass is 16.6. The van der Waals surface area contributed by atoms with Gasteiger partial charge in [-0.3, -0.25) is 0 Å². The molecule has 104 valence electrons. The van der Waals surface area contributed by atoms with Crippen LogP contribution in [0.4, 0.5) is 0 Å². The summed E-state index contributed by atoms with van der Waals surface area (Å²) in [5.41, 5.74) is 2.56. The van der Waals surface area contributed by atoms with Gasteiger partial charge in [0.05, 0.1) is 7.11 Å². The Kier molecular flexibility index (Phi) is 3.20. The van der Waals surface area contributed by atoms with Crippen LogP contribution in [-0.4, -0.2) is 23.8 Å². The summed E-state index contributed by atoms with van der Waals surface area (Å²) in [6.07, 6.45) is 1.25. The maximum Gasteiger partial charge on any atom is 0.349 e. The zero-order chi connectivity index (χ0) is 14.4. The van der Waals surface area contributed by atoms with Crippen molar-refractivity contribution in [3.63, 3.8) is 0 Å². The molecule has 1 aromatic rings. The zero-order valence-corrected chi connectivity index (χ0v) is 12.1. The van der Waals surface area contributed by atoms with Gasteiger partial charge in [0.15, 0.2) is 0 Å². The van der Waals surface area contributed by atoms with Crippen molar-refractivity contribution < 1.29 is 19.4 Å². The van der Waals surface area contributed by atoms with E-state index in [2.05, 4.69) is 0 Å². The molecule has 1 aliphatic rings. The van der Waals surface area contributed by atoms with Crippen molar-refractivity contribution in [1.29, 1.82) is 0 Å². The van der Waals surface area contributed by atoms with Crippen LogP contribution < -0.4 is 4.74 Å². The van der Waals surface area contributed by atoms with Crippen molar-refractivity contribution in [1.82, 2.24) is 0 Å². The summed E-state index contributed by atoms with van der Waals surface area (Å²) < 4.78 is 10.8. The Hall–Kier alpha value is -1.71. The monoisotopic (exact) mass is 264 g/mol. The molecule has 19 heavy (non-hydrogen) atoms. The minimum atomic E-state index is -0.942. The summed E-state index contributed by atoms with van der Waals surface area (Å²) in [5.74, 6) is 0.675. The fourth-order valence-electron chi connectivity index (χ4n) is 2.61. The van der Waals surface area contributed by atoms with Crippen LogP contribution in [0.5, 0.6) is 11.5 Å². The van der Waals surface area contributed by atoms with Gasteiger partial charge in [-0.25, -0.2) is 4.79 Å². The second-order valence-electron chi connectivity index (χ2n) is 5.36. The molecule has 1 N–H and O–H groups in total. The number of rotatable bonds is 1. The second kappa shape index (κ2) is 4.44. The smallest absolute Gasteiger partial charge is 0.349 e. The SMILES string of the molecule is COC(=O)C1(C)CCc2c(C)c(O)c(C)c(C)c2O1. The van der Waals surface area contributed by atoms with Gasteiger partial charge in [-0.05, 0) is 50.8 Å². The highest BCUT2D eigenvalue weighted by Gasteiger charge is 2.41. The molecule has 0 spiro atoms. The van der Waals surface area contributed by atoms with E-state index < -0.39 is 5.60 Å². The van der Waals surface area contributed by atoms with Gasteiger partial charge in [-0.2, -0.15) is 0 Å². The van der Waals surface area contributed by atoms with Crippen molar-refractivity contribution in [2.75, 3.05) is 7.11 Å². The van der Waals surface area contributed by atoms with Gasteiger partial charge in [-0.1, -0.05) is 0 Å². The Bertz CT molecular complexity index is 548. The minimum absolute atomic E-state index is 0.321. The van der Waals surface area contributed by atoms with Gasteiger partial charge < -0.3 is 14.6 Å². The van der Waals surface area contributed by atoms with Crippen LogP contribution in [0.25, 0.3) is 0 Å². The predicted molar refractivity (Wildman–Crippen MR) is 71.7 cm³/mol. The van der Waals surface area contributed by atoms with Crippen molar-refractivity contribution in [2.24, 2.45) is 0 Å². The second-order valence-corrected chi connectivity index (χ2v) is 5.36. The van der Waals surface area contributed by atoms with Crippen LogP contribution in [0.3, 0.4) is 0 Å². The largest absolute Gasteiger partial charge is 0.507 e. The normalized spacial score (nSPS) is 21.5. The molecule has 0 aromatic heterocycles. The van der Waals surface area contributed by atoms with Crippen LogP contribution in [0.2, 0.25) is 0 Å². The van der Waals surface area contributed by atoms with Crippen LogP contribution >= 0.6 is 0 Å². The number of phenolic OH excluding ortho intramolecular Hbond substituents is 1. The van der Waals surface area contributed by atoms with E-state index in [0.717, 1.165) is 22.3 Å². The fourth-order valence-corrected chi connectivity index (χ4v) is 2.61. The van der Waals surface area contributed by atoms with E-state index in [0.29, 0.717) is 24.3 Å². The molecule has 1 unspecified atom stereocenters. The van der Waals surface area contributed by atoms with Gasteiger partial charge in [0.25, 0.3) is 0 Å². The third kappa shape index (κ3) is 1.95. The highest BCUT2D eigenvalue weighted by Crippen LogP contribution is 2.43. The summed E-state index contributed by atoms with van der Waals surface area (Å²) in [6.45, 7) is 7.38. The number of phenols is 1. The van der Waals surface area contributed by atoms with Crippen molar-refractivity contribution in [3.8, 4) is 11.5 Å². The Morgan fingerprint density at radius 1 is 1.26 bits per heavy atom. The number of hydrogen-bond donors (Lipinski definition) is 1. The summed E-state index contributed by atoms with van der Waals surface area (Å²) >= 11 is 0. The van der Waals surface area contributed by atoms with E-state index in [1.54, 1.807) is 6.92 Å². The number of methoxy groups -OCH3 is 1. The first kappa shape index (κ1) is 13.7. The molecule has 0 amide bonds. The van der Waals surface area contributed by atoms with E-state index in [9.17, 15) is 9.90 Å². The number of fused-ring (bicyclic) bond motifs is 1. The first-order valence-corrected chi connectivity index (χ1v) is 6.41. The number of esters is 1. The van der Waals surface area contributed by atoms with E-state index >= 15 is 0 Å². The quantitative estimate of drug-likeness (QED) is 0.792. The first-order chi connectivity index (χ1) is 8.81.